The second kappa shape index (κ2) is 3.65. The Morgan fingerprint density at radius 2 is 2.29 bits per heavy atom. The number of fused-ring (bicyclic) bond motifs is 1. The Morgan fingerprint density at radius 3 is 3.06 bits per heavy atom. The number of pyridine rings is 1. The Bertz CT molecular complexity index is 537. The summed E-state index contributed by atoms with van der Waals surface area (Å²) in [6.45, 7) is 0. The van der Waals surface area contributed by atoms with Crippen LogP contribution in [0.15, 0.2) is 18.6 Å². The van der Waals surface area contributed by atoms with Gasteiger partial charge in [0.2, 0.25) is 5.92 Å². The van der Waals surface area contributed by atoms with Gasteiger partial charge in [-0.3, -0.25) is 0 Å². The maximum absolute atomic E-state index is 13.1. The molecular weight excluding hydrogens is 226 g/mol. The van der Waals surface area contributed by atoms with Crippen LogP contribution in [0.4, 0.5) is 14.6 Å². The summed E-state index contributed by atoms with van der Waals surface area (Å²) < 4.78 is 26.1. The van der Waals surface area contributed by atoms with Crippen molar-refractivity contribution in [2.24, 2.45) is 0 Å². The van der Waals surface area contributed by atoms with Crippen molar-refractivity contribution in [3.05, 3.63) is 18.6 Å². The normalized spacial score (nSPS) is 23.1. The number of rotatable bonds is 2. The number of aromatic nitrogens is 3. The number of anilines is 1. The zero-order chi connectivity index (χ0) is 11.9. The van der Waals surface area contributed by atoms with Crippen molar-refractivity contribution in [2.75, 3.05) is 5.32 Å². The molecule has 17 heavy (non-hydrogen) atoms. The van der Waals surface area contributed by atoms with Gasteiger partial charge in [0.15, 0.2) is 5.82 Å². The molecule has 1 aliphatic carbocycles. The maximum Gasteiger partial charge on any atom is 0.250 e. The van der Waals surface area contributed by atoms with E-state index in [2.05, 4.69) is 20.3 Å². The predicted molar refractivity (Wildman–Crippen MR) is 60.1 cm³/mol. The number of halogens is 2. The minimum atomic E-state index is -2.54. The molecule has 6 heteroatoms. The molecule has 0 bridgehead atoms. The van der Waals surface area contributed by atoms with E-state index in [4.69, 9.17) is 0 Å². The van der Waals surface area contributed by atoms with Crippen LogP contribution in [0.3, 0.4) is 0 Å². The zero-order valence-electron chi connectivity index (χ0n) is 9.08. The molecule has 0 amide bonds. The number of imidazole rings is 1. The van der Waals surface area contributed by atoms with Crippen LogP contribution in [-0.4, -0.2) is 26.9 Å². The summed E-state index contributed by atoms with van der Waals surface area (Å²) in [5, 5.41) is 3.05. The van der Waals surface area contributed by atoms with Crippen LogP contribution in [0.25, 0.3) is 11.0 Å². The highest BCUT2D eigenvalue weighted by molar-refractivity contribution is 5.85. The van der Waals surface area contributed by atoms with E-state index >= 15 is 0 Å². The van der Waals surface area contributed by atoms with E-state index in [0.29, 0.717) is 17.8 Å². The SMILES string of the molecule is FC1(F)CC[C@H](Nc2nccc3[nH]cnc23)C1. The van der Waals surface area contributed by atoms with Crippen LogP contribution in [0, 0.1) is 0 Å². The summed E-state index contributed by atoms with van der Waals surface area (Å²) in [6.07, 6.45) is 3.49. The third-order valence-corrected chi connectivity index (χ3v) is 3.08. The predicted octanol–water partition coefficient (Wildman–Crippen LogP) is 2.56. The molecule has 90 valence electrons. The Morgan fingerprint density at radius 1 is 1.41 bits per heavy atom. The van der Waals surface area contributed by atoms with Gasteiger partial charge in [0, 0.05) is 25.1 Å². The molecule has 1 fully saturated rings. The molecule has 1 aliphatic rings. The molecule has 0 saturated heterocycles. The van der Waals surface area contributed by atoms with Crippen LogP contribution in [0.5, 0.6) is 0 Å². The summed E-state index contributed by atoms with van der Waals surface area (Å²) in [5.41, 5.74) is 1.55. The second-order valence-electron chi connectivity index (χ2n) is 4.40. The van der Waals surface area contributed by atoms with Gasteiger partial charge in [-0.25, -0.2) is 18.7 Å². The maximum atomic E-state index is 13.1. The first kappa shape index (κ1) is 10.4. The van der Waals surface area contributed by atoms with Crippen LogP contribution in [-0.2, 0) is 0 Å². The first-order valence-corrected chi connectivity index (χ1v) is 5.56. The molecule has 2 N–H and O–H groups in total. The lowest BCUT2D eigenvalue weighted by atomic mass is 10.2. The molecule has 0 spiro atoms. The zero-order valence-corrected chi connectivity index (χ0v) is 9.08. The smallest absolute Gasteiger partial charge is 0.250 e. The van der Waals surface area contributed by atoms with Crippen molar-refractivity contribution >= 4 is 16.9 Å². The standard InChI is InChI=1S/C11H12F2N4/c12-11(13)3-1-7(5-11)17-10-9-8(2-4-14-10)15-6-16-9/h2,4,6-7H,1,3,5H2,(H,14,17)(H,15,16)/t7-/m0/s1. The minimum absolute atomic E-state index is 0.0544. The number of nitrogens with zero attached hydrogens (tertiary/aromatic N) is 2. The number of alkyl halides is 2. The van der Waals surface area contributed by atoms with E-state index < -0.39 is 5.92 Å². The fraction of sp³-hybridized carbons (Fsp3) is 0.455. The van der Waals surface area contributed by atoms with Crippen LogP contribution in [0.2, 0.25) is 0 Å². The molecule has 0 aliphatic heterocycles. The van der Waals surface area contributed by atoms with Gasteiger partial charge in [0.1, 0.15) is 5.52 Å². The van der Waals surface area contributed by atoms with E-state index in [0.717, 1.165) is 5.52 Å². The summed E-state index contributed by atoms with van der Waals surface area (Å²) in [5.74, 6) is -1.97. The van der Waals surface area contributed by atoms with Crippen LogP contribution < -0.4 is 5.32 Å². The third kappa shape index (κ3) is 1.94. The molecule has 2 aromatic heterocycles. The van der Waals surface area contributed by atoms with Crippen molar-refractivity contribution in [1.29, 1.82) is 0 Å². The van der Waals surface area contributed by atoms with Gasteiger partial charge in [-0.1, -0.05) is 0 Å². The molecule has 4 nitrogen and oxygen atoms in total. The summed E-state index contributed by atoms with van der Waals surface area (Å²) in [4.78, 5) is 11.2. The third-order valence-electron chi connectivity index (χ3n) is 3.08. The van der Waals surface area contributed by atoms with E-state index in [1.54, 1.807) is 18.6 Å². The first-order chi connectivity index (χ1) is 8.14. The molecule has 3 rings (SSSR count). The molecule has 2 heterocycles. The lowest BCUT2D eigenvalue weighted by Gasteiger charge is -2.13. The van der Waals surface area contributed by atoms with E-state index in [1.807, 2.05) is 0 Å². The molecule has 2 aromatic rings. The number of H-pyrrole nitrogens is 1. The quantitative estimate of drug-likeness (QED) is 0.845. The average molecular weight is 238 g/mol. The molecule has 1 saturated carbocycles. The Hall–Kier alpha value is -1.72. The largest absolute Gasteiger partial charge is 0.365 e. The van der Waals surface area contributed by atoms with Gasteiger partial charge in [-0.2, -0.15) is 0 Å². The minimum Gasteiger partial charge on any atom is -0.365 e. The number of hydrogen-bond donors (Lipinski definition) is 2. The molecule has 0 unspecified atom stereocenters. The number of nitrogens with one attached hydrogen (secondary N) is 2. The highest BCUT2D eigenvalue weighted by atomic mass is 19.3. The van der Waals surface area contributed by atoms with E-state index in [9.17, 15) is 8.78 Å². The van der Waals surface area contributed by atoms with E-state index in [-0.39, 0.29) is 18.9 Å². The fourth-order valence-electron chi connectivity index (χ4n) is 2.24. The molecular formula is C11H12F2N4. The van der Waals surface area contributed by atoms with Gasteiger partial charge in [0.25, 0.3) is 0 Å². The van der Waals surface area contributed by atoms with Crippen molar-refractivity contribution < 1.29 is 8.78 Å². The highest BCUT2D eigenvalue weighted by Gasteiger charge is 2.39. The first-order valence-electron chi connectivity index (χ1n) is 5.56. The van der Waals surface area contributed by atoms with Crippen LogP contribution in [0.1, 0.15) is 19.3 Å². The lowest BCUT2D eigenvalue weighted by molar-refractivity contribution is 0.00852. The van der Waals surface area contributed by atoms with Crippen molar-refractivity contribution in [2.45, 2.75) is 31.2 Å². The van der Waals surface area contributed by atoms with Gasteiger partial charge < -0.3 is 10.3 Å². The van der Waals surface area contributed by atoms with Crippen molar-refractivity contribution in [3.8, 4) is 0 Å². The van der Waals surface area contributed by atoms with Gasteiger partial charge in [-0.05, 0) is 12.5 Å². The van der Waals surface area contributed by atoms with Crippen LogP contribution >= 0.6 is 0 Å². The van der Waals surface area contributed by atoms with Gasteiger partial charge >= 0.3 is 0 Å². The Labute approximate surface area is 96.5 Å². The highest BCUT2D eigenvalue weighted by Crippen LogP contribution is 2.36. The summed E-state index contributed by atoms with van der Waals surface area (Å²) in [6, 6.07) is 1.58. The molecule has 0 radical (unpaired) electrons. The average Bonchev–Trinajstić information content (AvgIpc) is 2.85. The summed E-state index contributed by atoms with van der Waals surface area (Å²) >= 11 is 0. The summed E-state index contributed by atoms with van der Waals surface area (Å²) in [7, 11) is 0. The van der Waals surface area contributed by atoms with Gasteiger partial charge in [-0.15, -0.1) is 0 Å². The number of aromatic amines is 1. The fourth-order valence-corrected chi connectivity index (χ4v) is 2.24. The monoisotopic (exact) mass is 238 g/mol. The Balaban J connectivity index is 1.84. The van der Waals surface area contributed by atoms with Crippen molar-refractivity contribution in [1.82, 2.24) is 15.0 Å². The second-order valence-corrected chi connectivity index (χ2v) is 4.40. The molecule has 0 aromatic carbocycles. The lowest BCUT2D eigenvalue weighted by Crippen LogP contribution is -2.19. The number of hydrogen-bond acceptors (Lipinski definition) is 3. The topological polar surface area (TPSA) is 53.6 Å². The molecule has 1 atom stereocenters. The van der Waals surface area contributed by atoms with Crippen molar-refractivity contribution in [3.63, 3.8) is 0 Å². The van der Waals surface area contributed by atoms with Gasteiger partial charge in [0.05, 0.1) is 11.8 Å². The van der Waals surface area contributed by atoms with E-state index in [1.165, 1.54) is 0 Å². The Kier molecular flexibility index (Phi) is 2.24.